The summed E-state index contributed by atoms with van der Waals surface area (Å²) in [5, 5.41) is 3.03. The van der Waals surface area contributed by atoms with E-state index in [9.17, 15) is 4.79 Å². The number of amides is 1. The second-order valence-electron chi connectivity index (χ2n) is 5.44. The molecule has 1 rings (SSSR count). The van der Waals surface area contributed by atoms with Gasteiger partial charge in [-0.25, -0.2) is 0 Å². The Hall–Kier alpha value is -1.00. The topological polar surface area (TPSA) is 55.1 Å². The van der Waals surface area contributed by atoms with Crippen LogP contribution >= 0.6 is 11.8 Å². The van der Waals surface area contributed by atoms with Crippen LogP contribution < -0.4 is 11.1 Å². The summed E-state index contributed by atoms with van der Waals surface area (Å²) in [5.74, 6) is -0.0359. The van der Waals surface area contributed by atoms with Gasteiger partial charge >= 0.3 is 0 Å². The largest absolute Gasteiger partial charge is 0.353 e. The third-order valence-corrected chi connectivity index (χ3v) is 5.82. The zero-order chi connectivity index (χ0) is 15.7. The summed E-state index contributed by atoms with van der Waals surface area (Å²) in [5.41, 5.74) is 7.22. The van der Waals surface area contributed by atoms with E-state index in [1.807, 2.05) is 30.0 Å². The number of benzene rings is 1. The summed E-state index contributed by atoms with van der Waals surface area (Å²) in [6.07, 6.45) is 5.72. The first-order valence-electron chi connectivity index (χ1n) is 7.69. The number of nitrogens with one attached hydrogen (secondary N) is 1. The van der Waals surface area contributed by atoms with Crippen molar-refractivity contribution in [3.8, 4) is 0 Å². The van der Waals surface area contributed by atoms with Crippen LogP contribution in [0, 0.1) is 0 Å². The minimum atomic E-state index is -0.432. The Morgan fingerprint density at radius 1 is 1.29 bits per heavy atom. The SMILES string of the molecule is CCC(CC)(CNC(=O)C(N)CCc1ccccc1)SC. The van der Waals surface area contributed by atoms with Crippen LogP contribution in [0.25, 0.3) is 0 Å². The summed E-state index contributed by atoms with van der Waals surface area (Å²) in [4.78, 5) is 12.1. The lowest BCUT2D eigenvalue weighted by Gasteiger charge is -2.30. The molecule has 0 aliphatic rings. The molecular weight excluding hydrogens is 280 g/mol. The molecule has 1 aromatic carbocycles. The molecule has 0 radical (unpaired) electrons. The highest BCUT2D eigenvalue weighted by molar-refractivity contribution is 8.00. The average Bonchev–Trinajstić information content (AvgIpc) is 2.55. The second-order valence-corrected chi connectivity index (χ2v) is 6.72. The van der Waals surface area contributed by atoms with Gasteiger partial charge < -0.3 is 11.1 Å². The van der Waals surface area contributed by atoms with Crippen molar-refractivity contribution < 1.29 is 4.79 Å². The van der Waals surface area contributed by atoms with Gasteiger partial charge in [-0.1, -0.05) is 44.2 Å². The van der Waals surface area contributed by atoms with Crippen LogP contribution in [0.2, 0.25) is 0 Å². The molecule has 1 atom stereocenters. The summed E-state index contributed by atoms with van der Waals surface area (Å²) < 4.78 is 0.134. The molecule has 0 heterocycles. The van der Waals surface area contributed by atoms with E-state index in [1.54, 1.807) is 0 Å². The van der Waals surface area contributed by atoms with Crippen molar-refractivity contribution in [3.05, 3.63) is 35.9 Å². The molecule has 0 spiro atoms. The van der Waals surface area contributed by atoms with Gasteiger partial charge in [0.15, 0.2) is 0 Å². The van der Waals surface area contributed by atoms with E-state index < -0.39 is 6.04 Å². The van der Waals surface area contributed by atoms with Crippen LogP contribution in [-0.2, 0) is 11.2 Å². The van der Waals surface area contributed by atoms with E-state index in [-0.39, 0.29) is 10.7 Å². The molecule has 3 nitrogen and oxygen atoms in total. The molecular formula is C17H28N2OS. The summed E-state index contributed by atoms with van der Waals surface area (Å²) in [7, 11) is 0. The number of aryl methyl sites for hydroxylation is 1. The highest BCUT2D eigenvalue weighted by atomic mass is 32.2. The highest BCUT2D eigenvalue weighted by Crippen LogP contribution is 2.29. The molecule has 0 saturated carbocycles. The van der Waals surface area contributed by atoms with E-state index in [4.69, 9.17) is 5.73 Å². The molecule has 0 aliphatic heterocycles. The standard InChI is InChI=1S/C17H28N2OS/c1-4-17(5-2,21-3)13-19-16(20)15(18)12-11-14-9-7-6-8-10-14/h6-10,15H,4-5,11-13,18H2,1-3H3,(H,19,20). The number of hydrogen-bond acceptors (Lipinski definition) is 3. The number of thioether (sulfide) groups is 1. The van der Waals surface area contributed by atoms with Gasteiger partial charge in [0.2, 0.25) is 5.91 Å². The van der Waals surface area contributed by atoms with Gasteiger partial charge in [-0.3, -0.25) is 4.79 Å². The van der Waals surface area contributed by atoms with Crippen molar-refractivity contribution in [2.75, 3.05) is 12.8 Å². The molecule has 0 bridgehead atoms. The second kappa shape index (κ2) is 9.11. The molecule has 118 valence electrons. The fraction of sp³-hybridized carbons (Fsp3) is 0.588. The molecule has 21 heavy (non-hydrogen) atoms. The molecule has 1 aromatic rings. The third kappa shape index (κ3) is 5.71. The Morgan fingerprint density at radius 3 is 2.43 bits per heavy atom. The van der Waals surface area contributed by atoms with Crippen molar-refractivity contribution in [2.24, 2.45) is 5.73 Å². The van der Waals surface area contributed by atoms with Gasteiger partial charge in [0.05, 0.1) is 6.04 Å². The monoisotopic (exact) mass is 308 g/mol. The Kier molecular flexibility index (Phi) is 7.83. The Morgan fingerprint density at radius 2 is 1.90 bits per heavy atom. The van der Waals surface area contributed by atoms with E-state index in [0.717, 1.165) is 19.3 Å². The fourth-order valence-corrected chi connectivity index (χ4v) is 3.13. The first-order chi connectivity index (χ1) is 10.1. The van der Waals surface area contributed by atoms with Gasteiger partial charge in [0.25, 0.3) is 0 Å². The molecule has 0 aromatic heterocycles. The van der Waals surface area contributed by atoms with Crippen LogP contribution in [0.15, 0.2) is 30.3 Å². The Balaban J connectivity index is 2.40. The maximum Gasteiger partial charge on any atom is 0.236 e. The molecule has 0 aliphatic carbocycles. The van der Waals surface area contributed by atoms with Crippen molar-refractivity contribution in [1.29, 1.82) is 0 Å². The number of hydrogen-bond donors (Lipinski definition) is 2. The zero-order valence-corrected chi connectivity index (χ0v) is 14.2. The lowest BCUT2D eigenvalue weighted by atomic mass is 10.0. The average molecular weight is 308 g/mol. The fourth-order valence-electron chi connectivity index (χ4n) is 2.34. The van der Waals surface area contributed by atoms with E-state index >= 15 is 0 Å². The van der Waals surface area contributed by atoms with Gasteiger partial charge in [0.1, 0.15) is 0 Å². The third-order valence-electron chi connectivity index (χ3n) is 4.23. The van der Waals surface area contributed by atoms with Gasteiger partial charge in [-0.2, -0.15) is 11.8 Å². The summed E-state index contributed by atoms with van der Waals surface area (Å²) in [6.45, 7) is 5.03. The van der Waals surface area contributed by atoms with Crippen LogP contribution in [0.1, 0.15) is 38.7 Å². The van der Waals surface area contributed by atoms with E-state index in [2.05, 4.69) is 37.6 Å². The molecule has 0 fully saturated rings. The maximum atomic E-state index is 12.1. The lowest BCUT2D eigenvalue weighted by molar-refractivity contribution is -0.122. The quantitative estimate of drug-likeness (QED) is 0.737. The predicted molar refractivity (Wildman–Crippen MR) is 92.6 cm³/mol. The smallest absolute Gasteiger partial charge is 0.236 e. The first-order valence-corrected chi connectivity index (χ1v) is 8.91. The minimum absolute atomic E-state index is 0.0359. The molecule has 4 heteroatoms. The number of carbonyl (C=O) groups is 1. The van der Waals surface area contributed by atoms with Crippen molar-refractivity contribution in [2.45, 2.75) is 50.3 Å². The van der Waals surface area contributed by atoms with E-state index in [1.165, 1.54) is 5.56 Å². The molecule has 0 saturated heterocycles. The minimum Gasteiger partial charge on any atom is -0.353 e. The first kappa shape index (κ1) is 18.1. The molecule has 1 amide bonds. The van der Waals surface area contributed by atoms with Gasteiger partial charge in [-0.05, 0) is 37.5 Å². The van der Waals surface area contributed by atoms with Crippen molar-refractivity contribution in [1.82, 2.24) is 5.32 Å². The Labute approximate surface area is 133 Å². The number of nitrogens with two attached hydrogens (primary N) is 1. The van der Waals surface area contributed by atoms with Crippen molar-refractivity contribution >= 4 is 17.7 Å². The maximum absolute atomic E-state index is 12.1. The predicted octanol–water partition coefficient (Wildman–Crippen LogP) is 2.98. The molecule has 1 unspecified atom stereocenters. The normalized spacial score (nSPS) is 13.0. The van der Waals surface area contributed by atoms with Crippen LogP contribution in [-0.4, -0.2) is 29.5 Å². The van der Waals surface area contributed by atoms with Gasteiger partial charge in [0, 0.05) is 11.3 Å². The summed E-state index contributed by atoms with van der Waals surface area (Å²) in [6, 6.07) is 9.72. The van der Waals surface area contributed by atoms with Crippen LogP contribution in [0.5, 0.6) is 0 Å². The van der Waals surface area contributed by atoms with Crippen LogP contribution in [0.3, 0.4) is 0 Å². The molecule has 3 N–H and O–H groups in total. The Bertz CT molecular complexity index is 410. The van der Waals surface area contributed by atoms with Crippen LogP contribution in [0.4, 0.5) is 0 Å². The number of rotatable bonds is 9. The lowest BCUT2D eigenvalue weighted by Crippen LogP contribution is -2.46. The highest BCUT2D eigenvalue weighted by Gasteiger charge is 2.26. The van der Waals surface area contributed by atoms with Gasteiger partial charge in [-0.15, -0.1) is 0 Å². The van der Waals surface area contributed by atoms with Crippen molar-refractivity contribution in [3.63, 3.8) is 0 Å². The van der Waals surface area contributed by atoms with E-state index in [0.29, 0.717) is 13.0 Å². The number of carbonyl (C=O) groups excluding carboxylic acids is 1. The summed E-state index contributed by atoms with van der Waals surface area (Å²) >= 11 is 1.83. The zero-order valence-electron chi connectivity index (χ0n) is 13.4.